The van der Waals surface area contributed by atoms with Crippen molar-refractivity contribution >= 4 is 23.2 Å². The molecule has 0 saturated heterocycles. The predicted molar refractivity (Wildman–Crippen MR) is 58.0 cm³/mol. The summed E-state index contributed by atoms with van der Waals surface area (Å²) in [5, 5.41) is 10.9. The Morgan fingerprint density at radius 3 is 2.93 bits per heavy atom. The lowest BCUT2D eigenvalue weighted by Gasteiger charge is -2.03. The van der Waals surface area contributed by atoms with E-state index in [1.165, 1.54) is 7.11 Å². The Kier molecular flexibility index (Phi) is 3.77. The second kappa shape index (κ2) is 5.08. The van der Waals surface area contributed by atoms with Crippen molar-refractivity contribution in [1.29, 1.82) is 5.26 Å². The van der Waals surface area contributed by atoms with Gasteiger partial charge in [-0.15, -0.1) is 0 Å². The highest BCUT2D eigenvalue weighted by Gasteiger charge is 2.01. The van der Waals surface area contributed by atoms with Crippen LogP contribution in [0.3, 0.4) is 0 Å². The van der Waals surface area contributed by atoms with Crippen molar-refractivity contribution in [2.24, 2.45) is 10.7 Å². The van der Waals surface area contributed by atoms with E-state index in [1.807, 2.05) is 0 Å². The maximum absolute atomic E-state index is 8.28. The minimum Gasteiger partial charge on any atom is -0.495 e. The van der Waals surface area contributed by atoms with Crippen molar-refractivity contribution in [3.8, 4) is 11.9 Å². The highest BCUT2D eigenvalue weighted by Crippen LogP contribution is 2.28. The molecule has 0 heterocycles. The van der Waals surface area contributed by atoms with Crippen molar-refractivity contribution in [2.75, 3.05) is 7.11 Å². The summed E-state index contributed by atoms with van der Waals surface area (Å²) < 4.78 is 4.97. The molecule has 1 rings (SSSR count). The summed E-state index contributed by atoms with van der Waals surface area (Å²) in [7, 11) is 1.52. The Balaban J connectivity index is 2.94. The van der Waals surface area contributed by atoms with Gasteiger partial charge in [0.05, 0.1) is 17.8 Å². The Bertz CT molecular complexity index is 425. The molecule has 0 fully saturated rings. The topological polar surface area (TPSA) is 83.4 Å². The molecule has 0 amide bonds. The molecule has 15 heavy (non-hydrogen) atoms. The summed E-state index contributed by atoms with van der Waals surface area (Å²) in [6.07, 6.45) is 1.66. The molecule has 0 aliphatic carbocycles. The first-order chi connectivity index (χ1) is 7.17. The number of nitrogens with two attached hydrogens (primary N) is 1. The fraction of sp³-hybridized carbons (Fsp3) is 0.111. The van der Waals surface area contributed by atoms with E-state index >= 15 is 0 Å². The van der Waals surface area contributed by atoms with Gasteiger partial charge in [-0.2, -0.15) is 5.26 Å². The average molecular weight is 225 g/mol. The standard InChI is InChI=1S/C9H9ClN4O/c1-15-8-3-2-6(4-7(8)10)14-9(12)13-5-11/h2-4H,1H3,(H3,12,13,14). The number of ether oxygens (including phenoxy) is 1. The van der Waals surface area contributed by atoms with Crippen LogP contribution in [-0.2, 0) is 0 Å². The third-order valence-corrected chi connectivity index (χ3v) is 1.86. The molecule has 1 aromatic rings. The summed E-state index contributed by atoms with van der Waals surface area (Å²) in [6.45, 7) is 0. The number of hydrogen-bond donors (Lipinski definition) is 2. The highest BCUT2D eigenvalue weighted by molar-refractivity contribution is 6.32. The summed E-state index contributed by atoms with van der Waals surface area (Å²) >= 11 is 5.87. The van der Waals surface area contributed by atoms with Crippen LogP contribution in [0.15, 0.2) is 23.2 Å². The number of nitrogens with one attached hydrogen (secondary N) is 1. The number of nitriles is 1. The van der Waals surface area contributed by atoms with E-state index in [4.69, 9.17) is 27.3 Å². The molecule has 0 unspecified atom stereocenters. The van der Waals surface area contributed by atoms with Crippen molar-refractivity contribution in [1.82, 2.24) is 5.32 Å². The van der Waals surface area contributed by atoms with Crippen LogP contribution in [0.1, 0.15) is 0 Å². The number of halogens is 1. The molecule has 0 spiro atoms. The minimum absolute atomic E-state index is 0.0127. The molecule has 0 aliphatic rings. The molecule has 6 heteroatoms. The van der Waals surface area contributed by atoms with E-state index in [0.29, 0.717) is 16.5 Å². The number of benzene rings is 1. The van der Waals surface area contributed by atoms with Gasteiger partial charge in [-0.25, -0.2) is 4.99 Å². The largest absolute Gasteiger partial charge is 0.495 e. The molecule has 0 aliphatic heterocycles. The van der Waals surface area contributed by atoms with Crippen LogP contribution in [0, 0.1) is 11.5 Å². The molecule has 0 bridgehead atoms. The van der Waals surface area contributed by atoms with Gasteiger partial charge < -0.3 is 10.5 Å². The Hall–Kier alpha value is -1.93. The van der Waals surface area contributed by atoms with E-state index in [2.05, 4.69) is 10.3 Å². The molecular weight excluding hydrogens is 216 g/mol. The van der Waals surface area contributed by atoms with Gasteiger partial charge in [-0.3, -0.25) is 5.32 Å². The lowest BCUT2D eigenvalue weighted by Crippen LogP contribution is -2.26. The predicted octanol–water partition coefficient (Wildman–Crippen LogP) is 1.37. The van der Waals surface area contributed by atoms with Crippen LogP contribution < -0.4 is 15.8 Å². The first-order valence-electron chi connectivity index (χ1n) is 4.00. The molecule has 0 aromatic heterocycles. The van der Waals surface area contributed by atoms with E-state index in [0.717, 1.165) is 0 Å². The maximum Gasteiger partial charge on any atom is 0.207 e. The van der Waals surface area contributed by atoms with E-state index in [9.17, 15) is 0 Å². The maximum atomic E-state index is 8.28. The average Bonchev–Trinajstić information content (AvgIpc) is 2.18. The summed E-state index contributed by atoms with van der Waals surface area (Å²) in [5.74, 6) is 0.571. The number of nitrogens with zero attached hydrogens (tertiary/aromatic N) is 2. The monoisotopic (exact) mass is 224 g/mol. The van der Waals surface area contributed by atoms with Gasteiger partial charge in [0.15, 0.2) is 6.19 Å². The molecule has 0 radical (unpaired) electrons. The van der Waals surface area contributed by atoms with Crippen molar-refractivity contribution in [2.45, 2.75) is 0 Å². The van der Waals surface area contributed by atoms with Gasteiger partial charge in [-0.05, 0) is 18.2 Å². The second-order valence-electron chi connectivity index (χ2n) is 2.55. The number of rotatable bonds is 2. The smallest absolute Gasteiger partial charge is 0.207 e. The third kappa shape index (κ3) is 3.04. The minimum atomic E-state index is 0.0127. The molecule has 3 N–H and O–H groups in total. The van der Waals surface area contributed by atoms with Crippen LogP contribution in [0.2, 0.25) is 5.02 Å². The number of guanidine groups is 1. The summed E-state index contributed by atoms with van der Waals surface area (Å²) in [6, 6.07) is 4.93. The number of hydrogen-bond acceptors (Lipinski definition) is 3. The van der Waals surface area contributed by atoms with Crippen molar-refractivity contribution in [3.63, 3.8) is 0 Å². The fourth-order valence-electron chi connectivity index (χ4n) is 0.949. The fourth-order valence-corrected chi connectivity index (χ4v) is 1.20. The molecule has 5 nitrogen and oxygen atoms in total. The van der Waals surface area contributed by atoms with Gasteiger partial charge in [0, 0.05) is 0 Å². The normalized spacial score (nSPS) is 10.6. The van der Waals surface area contributed by atoms with Crippen molar-refractivity contribution in [3.05, 3.63) is 23.2 Å². The molecule has 78 valence electrons. The quantitative estimate of drug-likeness (QED) is 0.344. The SMILES string of the molecule is COc1ccc(N=C(N)NC#N)cc1Cl. The lowest BCUT2D eigenvalue weighted by molar-refractivity contribution is 0.415. The highest BCUT2D eigenvalue weighted by atomic mass is 35.5. The lowest BCUT2D eigenvalue weighted by atomic mass is 10.3. The molecule has 0 saturated carbocycles. The Morgan fingerprint density at radius 2 is 2.40 bits per heavy atom. The molecule has 1 aromatic carbocycles. The van der Waals surface area contributed by atoms with Gasteiger partial charge in [-0.1, -0.05) is 11.6 Å². The van der Waals surface area contributed by atoms with Gasteiger partial charge >= 0.3 is 0 Å². The first kappa shape index (κ1) is 11.1. The van der Waals surface area contributed by atoms with E-state index in [-0.39, 0.29) is 5.96 Å². The van der Waals surface area contributed by atoms with Crippen LogP contribution in [0.5, 0.6) is 5.75 Å². The second-order valence-corrected chi connectivity index (χ2v) is 2.96. The Morgan fingerprint density at radius 1 is 1.67 bits per heavy atom. The van der Waals surface area contributed by atoms with Crippen LogP contribution in [0.4, 0.5) is 5.69 Å². The van der Waals surface area contributed by atoms with Gasteiger partial charge in [0.1, 0.15) is 5.75 Å². The van der Waals surface area contributed by atoms with Gasteiger partial charge in [0.25, 0.3) is 0 Å². The zero-order valence-corrected chi connectivity index (χ0v) is 8.75. The van der Waals surface area contributed by atoms with Crippen molar-refractivity contribution < 1.29 is 4.74 Å². The molecular formula is C9H9ClN4O. The van der Waals surface area contributed by atoms with E-state index < -0.39 is 0 Å². The zero-order valence-electron chi connectivity index (χ0n) is 7.99. The van der Waals surface area contributed by atoms with Crippen LogP contribution in [0.25, 0.3) is 0 Å². The van der Waals surface area contributed by atoms with Crippen LogP contribution >= 0.6 is 11.6 Å². The number of methoxy groups -OCH3 is 1. The number of aliphatic imine (C=N–C) groups is 1. The van der Waals surface area contributed by atoms with Crippen LogP contribution in [-0.4, -0.2) is 13.1 Å². The third-order valence-electron chi connectivity index (χ3n) is 1.57. The Labute approximate surface area is 92.1 Å². The zero-order chi connectivity index (χ0) is 11.3. The van der Waals surface area contributed by atoms with Gasteiger partial charge in [0.2, 0.25) is 5.96 Å². The van der Waals surface area contributed by atoms with E-state index in [1.54, 1.807) is 24.4 Å². The first-order valence-corrected chi connectivity index (χ1v) is 4.38. The summed E-state index contributed by atoms with van der Waals surface area (Å²) in [4.78, 5) is 3.91. The summed E-state index contributed by atoms with van der Waals surface area (Å²) in [5.41, 5.74) is 5.92. The molecule has 0 atom stereocenters.